The maximum Gasteiger partial charge on any atom is 0.236 e. The van der Waals surface area contributed by atoms with Gasteiger partial charge < -0.3 is 20.5 Å². The highest BCUT2D eigenvalue weighted by atomic mass is 16.5. The van der Waals surface area contributed by atoms with E-state index in [1.54, 1.807) is 0 Å². The molecule has 112 valence electrons. The SMILES string of the molecule is CCCCC(N)C(=O)NCCCOCC1CCCO1. The van der Waals surface area contributed by atoms with Gasteiger partial charge in [0.1, 0.15) is 0 Å². The second-order valence-corrected chi connectivity index (χ2v) is 5.10. The molecule has 1 aliphatic rings. The average molecular weight is 272 g/mol. The van der Waals surface area contributed by atoms with Crippen LogP contribution in [0.5, 0.6) is 0 Å². The molecule has 0 aromatic heterocycles. The molecule has 0 radical (unpaired) electrons. The first-order chi connectivity index (χ1) is 9.24. The van der Waals surface area contributed by atoms with E-state index in [-0.39, 0.29) is 18.1 Å². The van der Waals surface area contributed by atoms with Gasteiger partial charge in [0.15, 0.2) is 0 Å². The Morgan fingerprint density at radius 1 is 1.53 bits per heavy atom. The summed E-state index contributed by atoms with van der Waals surface area (Å²) in [6.45, 7) is 4.91. The van der Waals surface area contributed by atoms with Crippen LogP contribution in [-0.2, 0) is 14.3 Å². The van der Waals surface area contributed by atoms with E-state index in [4.69, 9.17) is 15.2 Å². The van der Waals surface area contributed by atoms with Gasteiger partial charge in [0.2, 0.25) is 5.91 Å². The van der Waals surface area contributed by atoms with Crippen molar-refractivity contribution in [3.63, 3.8) is 0 Å². The molecular formula is C14H28N2O3. The lowest BCUT2D eigenvalue weighted by Gasteiger charge is -2.12. The summed E-state index contributed by atoms with van der Waals surface area (Å²) in [5.41, 5.74) is 5.77. The van der Waals surface area contributed by atoms with Crippen molar-refractivity contribution in [1.29, 1.82) is 0 Å². The van der Waals surface area contributed by atoms with Crippen LogP contribution in [0.2, 0.25) is 0 Å². The molecule has 0 aromatic rings. The van der Waals surface area contributed by atoms with Crippen LogP contribution in [0, 0.1) is 0 Å². The Bertz CT molecular complexity index is 243. The van der Waals surface area contributed by atoms with Gasteiger partial charge in [-0.2, -0.15) is 0 Å². The Labute approximate surface area is 116 Å². The Morgan fingerprint density at radius 3 is 3.05 bits per heavy atom. The molecule has 3 N–H and O–H groups in total. The summed E-state index contributed by atoms with van der Waals surface area (Å²) >= 11 is 0. The van der Waals surface area contributed by atoms with Crippen LogP contribution in [0.15, 0.2) is 0 Å². The van der Waals surface area contributed by atoms with Gasteiger partial charge in [-0.15, -0.1) is 0 Å². The topological polar surface area (TPSA) is 73.6 Å². The van der Waals surface area contributed by atoms with Gasteiger partial charge in [-0.25, -0.2) is 0 Å². The maximum atomic E-state index is 11.6. The molecule has 1 amide bonds. The molecule has 1 heterocycles. The molecule has 2 unspecified atom stereocenters. The van der Waals surface area contributed by atoms with Crippen molar-refractivity contribution in [1.82, 2.24) is 5.32 Å². The lowest BCUT2D eigenvalue weighted by Crippen LogP contribution is -2.41. The number of carbonyl (C=O) groups excluding carboxylic acids is 1. The van der Waals surface area contributed by atoms with Crippen LogP contribution in [0.3, 0.4) is 0 Å². The van der Waals surface area contributed by atoms with Crippen molar-refractivity contribution in [2.45, 2.75) is 57.6 Å². The Morgan fingerprint density at radius 2 is 2.37 bits per heavy atom. The van der Waals surface area contributed by atoms with Crippen molar-refractivity contribution >= 4 is 5.91 Å². The third kappa shape index (κ3) is 7.50. The van der Waals surface area contributed by atoms with Crippen molar-refractivity contribution in [2.24, 2.45) is 5.73 Å². The average Bonchev–Trinajstić information content (AvgIpc) is 2.92. The number of rotatable bonds is 10. The minimum absolute atomic E-state index is 0.0485. The first-order valence-electron chi connectivity index (χ1n) is 7.46. The molecule has 0 spiro atoms. The van der Waals surface area contributed by atoms with Crippen LogP contribution >= 0.6 is 0 Å². The standard InChI is InChI=1S/C14H28N2O3/c1-2-3-7-13(15)14(17)16-8-5-9-18-11-12-6-4-10-19-12/h12-13H,2-11,15H2,1H3,(H,16,17). The van der Waals surface area contributed by atoms with Gasteiger partial charge in [0.25, 0.3) is 0 Å². The smallest absolute Gasteiger partial charge is 0.236 e. The molecule has 0 bridgehead atoms. The molecule has 0 aromatic carbocycles. The van der Waals surface area contributed by atoms with Gasteiger partial charge in [0, 0.05) is 19.8 Å². The number of ether oxygens (including phenoxy) is 2. The van der Waals surface area contributed by atoms with E-state index in [0.717, 1.165) is 45.1 Å². The second kappa shape index (κ2) is 10.2. The summed E-state index contributed by atoms with van der Waals surface area (Å²) in [6, 6.07) is -0.368. The zero-order valence-corrected chi connectivity index (χ0v) is 12.0. The quantitative estimate of drug-likeness (QED) is 0.586. The summed E-state index contributed by atoms with van der Waals surface area (Å²) in [5, 5.41) is 2.84. The minimum Gasteiger partial charge on any atom is -0.379 e. The summed E-state index contributed by atoms with van der Waals surface area (Å²) in [4.78, 5) is 11.6. The summed E-state index contributed by atoms with van der Waals surface area (Å²) in [7, 11) is 0. The van der Waals surface area contributed by atoms with E-state index in [1.165, 1.54) is 0 Å². The van der Waals surface area contributed by atoms with Crippen LogP contribution in [0.1, 0.15) is 45.4 Å². The van der Waals surface area contributed by atoms with E-state index in [2.05, 4.69) is 12.2 Å². The number of unbranched alkanes of at least 4 members (excludes halogenated alkanes) is 1. The molecule has 2 atom stereocenters. The fraction of sp³-hybridized carbons (Fsp3) is 0.929. The predicted molar refractivity (Wildman–Crippen MR) is 74.9 cm³/mol. The van der Waals surface area contributed by atoms with Gasteiger partial charge in [-0.1, -0.05) is 19.8 Å². The van der Waals surface area contributed by atoms with Gasteiger partial charge in [0.05, 0.1) is 18.8 Å². The first-order valence-corrected chi connectivity index (χ1v) is 7.46. The fourth-order valence-corrected chi connectivity index (χ4v) is 2.06. The molecule has 1 fully saturated rings. The molecule has 5 heteroatoms. The van der Waals surface area contributed by atoms with Crippen LogP contribution in [0.4, 0.5) is 0 Å². The molecule has 5 nitrogen and oxygen atoms in total. The third-order valence-corrected chi connectivity index (χ3v) is 3.30. The number of amides is 1. The van der Waals surface area contributed by atoms with Gasteiger partial charge >= 0.3 is 0 Å². The molecular weight excluding hydrogens is 244 g/mol. The van der Waals surface area contributed by atoms with Gasteiger partial charge in [-0.3, -0.25) is 4.79 Å². The van der Waals surface area contributed by atoms with Crippen molar-refractivity contribution in [3.05, 3.63) is 0 Å². The minimum atomic E-state index is -0.368. The van der Waals surface area contributed by atoms with E-state index in [0.29, 0.717) is 19.8 Å². The van der Waals surface area contributed by atoms with Crippen molar-refractivity contribution in [3.8, 4) is 0 Å². The largest absolute Gasteiger partial charge is 0.379 e. The number of hydrogen-bond acceptors (Lipinski definition) is 4. The van der Waals surface area contributed by atoms with E-state index < -0.39 is 0 Å². The van der Waals surface area contributed by atoms with Crippen molar-refractivity contribution in [2.75, 3.05) is 26.4 Å². The highest BCUT2D eigenvalue weighted by Gasteiger charge is 2.15. The first kappa shape index (κ1) is 16.4. The number of carbonyl (C=O) groups is 1. The Kier molecular flexibility index (Phi) is 8.79. The molecule has 1 saturated heterocycles. The van der Waals surface area contributed by atoms with Crippen LogP contribution in [-0.4, -0.2) is 44.4 Å². The molecule has 19 heavy (non-hydrogen) atoms. The van der Waals surface area contributed by atoms with Crippen molar-refractivity contribution < 1.29 is 14.3 Å². The Balaban J connectivity index is 1.90. The zero-order chi connectivity index (χ0) is 13.9. The maximum absolute atomic E-state index is 11.6. The number of hydrogen-bond donors (Lipinski definition) is 2. The van der Waals surface area contributed by atoms with Gasteiger partial charge in [-0.05, 0) is 25.7 Å². The zero-order valence-electron chi connectivity index (χ0n) is 12.0. The molecule has 0 aliphatic carbocycles. The lowest BCUT2D eigenvalue weighted by atomic mass is 10.1. The monoisotopic (exact) mass is 272 g/mol. The normalized spacial score (nSPS) is 20.4. The lowest BCUT2D eigenvalue weighted by molar-refractivity contribution is -0.122. The highest BCUT2D eigenvalue weighted by molar-refractivity contribution is 5.81. The fourth-order valence-electron chi connectivity index (χ4n) is 2.06. The molecule has 1 rings (SSSR count). The summed E-state index contributed by atoms with van der Waals surface area (Å²) in [6.07, 6.45) is 6.16. The van der Waals surface area contributed by atoms with E-state index in [9.17, 15) is 4.79 Å². The van der Waals surface area contributed by atoms with E-state index >= 15 is 0 Å². The molecule has 1 aliphatic heterocycles. The summed E-state index contributed by atoms with van der Waals surface area (Å²) < 4.78 is 11.0. The second-order valence-electron chi connectivity index (χ2n) is 5.10. The number of nitrogens with one attached hydrogen (secondary N) is 1. The predicted octanol–water partition coefficient (Wildman–Crippen LogP) is 1.21. The van der Waals surface area contributed by atoms with E-state index in [1.807, 2.05) is 0 Å². The molecule has 0 saturated carbocycles. The summed E-state index contributed by atoms with van der Waals surface area (Å²) in [5.74, 6) is -0.0485. The number of nitrogens with two attached hydrogens (primary N) is 1. The third-order valence-electron chi connectivity index (χ3n) is 3.30. The van der Waals surface area contributed by atoms with Crippen LogP contribution < -0.4 is 11.1 Å². The highest BCUT2D eigenvalue weighted by Crippen LogP contribution is 2.11. The Hall–Kier alpha value is -0.650. The van der Waals surface area contributed by atoms with Crippen LogP contribution in [0.25, 0.3) is 0 Å².